The standard InChI is InChI=1S/C17H27NO3/c1-5-18(6-2)9-10-20-13-7-8-14-15(19)12-17(3,4)21-16(14)11-13/h7-8,11,15,19H,5-6,9-10,12H2,1-4H3. The molecular weight excluding hydrogens is 266 g/mol. The first-order valence-corrected chi connectivity index (χ1v) is 7.81. The van der Waals surface area contributed by atoms with Gasteiger partial charge in [-0.15, -0.1) is 0 Å². The first-order valence-electron chi connectivity index (χ1n) is 7.81. The second kappa shape index (κ2) is 6.67. The maximum atomic E-state index is 10.2. The van der Waals surface area contributed by atoms with Gasteiger partial charge in [-0.2, -0.15) is 0 Å². The molecule has 1 heterocycles. The lowest BCUT2D eigenvalue weighted by Crippen LogP contribution is -2.34. The van der Waals surface area contributed by atoms with E-state index < -0.39 is 6.10 Å². The van der Waals surface area contributed by atoms with Crippen molar-refractivity contribution in [3.63, 3.8) is 0 Å². The van der Waals surface area contributed by atoms with Gasteiger partial charge in [-0.1, -0.05) is 13.8 Å². The van der Waals surface area contributed by atoms with Crippen LogP contribution in [-0.4, -0.2) is 41.8 Å². The summed E-state index contributed by atoms with van der Waals surface area (Å²) in [5.74, 6) is 1.53. The molecule has 1 aromatic carbocycles. The van der Waals surface area contributed by atoms with E-state index in [1.165, 1.54) is 0 Å². The fraction of sp³-hybridized carbons (Fsp3) is 0.647. The van der Waals surface area contributed by atoms with Crippen molar-refractivity contribution in [1.29, 1.82) is 0 Å². The zero-order valence-corrected chi connectivity index (χ0v) is 13.6. The maximum Gasteiger partial charge on any atom is 0.129 e. The van der Waals surface area contributed by atoms with E-state index in [-0.39, 0.29) is 5.60 Å². The molecule has 1 aliphatic rings. The average molecular weight is 293 g/mol. The topological polar surface area (TPSA) is 41.9 Å². The zero-order chi connectivity index (χ0) is 15.5. The van der Waals surface area contributed by atoms with Crippen LogP contribution >= 0.6 is 0 Å². The minimum absolute atomic E-state index is 0.341. The van der Waals surface area contributed by atoms with Crippen molar-refractivity contribution in [2.24, 2.45) is 0 Å². The lowest BCUT2D eigenvalue weighted by atomic mass is 9.92. The van der Waals surface area contributed by atoms with Crippen LogP contribution in [0.25, 0.3) is 0 Å². The molecule has 0 saturated carbocycles. The van der Waals surface area contributed by atoms with E-state index in [0.717, 1.165) is 36.7 Å². The van der Waals surface area contributed by atoms with Gasteiger partial charge in [0, 0.05) is 24.6 Å². The number of benzene rings is 1. The summed E-state index contributed by atoms with van der Waals surface area (Å²) in [6.45, 7) is 11.9. The highest BCUT2D eigenvalue weighted by Crippen LogP contribution is 2.40. The Morgan fingerprint density at radius 1 is 1.33 bits per heavy atom. The molecule has 0 radical (unpaired) electrons. The number of hydrogen-bond donors (Lipinski definition) is 1. The average Bonchev–Trinajstić information content (AvgIpc) is 2.42. The molecule has 4 heteroatoms. The third kappa shape index (κ3) is 4.11. The van der Waals surface area contributed by atoms with E-state index in [9.17, 15) is 5.11 Å². The molecule has 0 saturated heterocycles. The zero-order valence-electron chi connectivity index (χ0n) is 13.6. The van der Waals surface area contributed by atoms with Gasteiger partial charge in [0.25, 0.3) is 0 Å². The molecule has 1 aromatic rings. The number of rotatable bonds is 6. The van der Waals surface area contributed by atoms with E-state index in [1.54, 1.807) is 0 Å². The molecule has 0 aliphatic carbocycles. The summed E-state index contributed by atoms with van der Waals surface area (Å²) in [5.41, 5.74) is 0.511. The lowest BCUT2D eigenvalue weighted by molar-refractivity contribution is 0.0113. The monoisotopic (exact) mass is 293 g/mol. The van der Waals surface area contributed by atoms with Crippen LogP contribution < -0.4 is 9.47 Å². The molecule has 1 atom stereocenters. The summed E-state index contributed by atoms with van der Waals surface area (Å²) in [6, 6.07) is 5.70. The van der Waals surface area contributed by atoms with Crippen molar-refractivity contribution in [2.45, 2.75) is 45.8 Å². The summed E-state index contributed by atoms with van der Waals surface area (Å²) in [6.07, 6.45) is 0.149. The van der Waals surface area contributed by atoms with Gasteiger partial charge < -0.3 is 19.5 Å². The molecule has 118 valence electrons. The Hall–Kier alpha value is -1.26. The fourth-order valence-electron chi connectivity index (χ4n) is 2.72. The van der Waals surface area contributed by atoms with Crippen molar-refractivity contribution < 1.29 is 14.6 Å². The predicted molar refractivity (Wildman–Crippen MR) is 84.0 cm³/mol. The van der Waals surface area contributed by atoms with Gasteiger partial charge in [0.2, 0.25) is 0 Å². The van der Waals surface area contributed by atoms with Gasteiger partial charge in [0.1, 0.15) is 23.7 Å². The Morgan fingerprint density at radius 3 is 2.71 bits per heavy atom. The number of nitrogens with zero attached hydrogens (tertiary/aromatic N) is 1. The highest BCUT2D eigenvalue weighted by Gasteiger charge is 2.32. The molecule has 1 aliphatic heterocycles. The molecular formula is C17H27NO3. The summed E-state index contributed by atoms with van der Waals surface area (Å²) >= 11 is 0. The molecule has 1 unspecified atom stereocenters. The van der Waals surface area contributed by atoms with Crippen molar-refractivity contribution in [3.05, 3.63) is 23.8 Å². The number of fused-ring (bicyclic) bond motifs is 1. The Labute approximate surface area is 127 Å². The Morgan fingerprint density at radius 2 is 2.05 bits per heavy atom. The first kappa shape index (κ1) is 16.1. The van der Waals surface area contributed by atoms with E-state index in [4.69, 9.17) is 9.47 Å². The van der Waals surface area contributed by atoms with Crippen LogP contribution in [-0.2, 0) is 0 Å². The Bertz CT molecular complexity index is 469. The number of aliphatic hydroxyl groups is 1. The van der Waals surface area contributed by atoms with Crippen LogP contribution in [0.2, 0.25) is 0 Å². The molecule has 2 rings (SSSR count). The van der Waals surface area contributed by atoms with E-state index in [2.05, 4.69) is 18.7 Å². The lowest BCUT2D eigenvalue weighted by Gasteiger charge is -2.35. The number of ether oxygens (including phenoxy) is 2. The minimum Gasteiger partial charge on any atom is -0.492 e. The van der Waals surface area contributed by atoms with Crippen molar-refractivity contribution >= 4 is 0 Å². The molecule has 21 heavy (non-hydrogen) atoms. The second-order valence-electron chi connectivity index (χ2n) is 6.16. The normalized spacial score (nSPS) is 20.0. The second-order valence-corrected chi connectivity index (χ2v) is 6.16. The molecule has 1 N–H and O–H groups in total. The fourth-order valence-corrected chi connectivity index (χ4v) is 2.72. The summed E-state index contributed by atoms with van der Waals surface area (Å²) < 4.78 is 11.8. The highest BCUT2D eigenvalue weighted by molar-refractivity contribution is 5.43. The van der Waals surface area contributed by atoms with Crippen molar-refractivity contribution in [1.82, 2.24) is 4.90 Å². The summed E-state index contributed by atoms with van der Waals surface area (Å²) in [5, 5.41) is 10.2. The van der Waals surface area contributed by atoms with Crippen molar-refractivity contribution in [3.8, 4) is 11.5 Å². The van der Waals surface area contributed by atoms with E-state index in [1.807, 2.05) is 32.0 Å². The van der Waals surface area contributed by atoms with Gasteiger partial charge in [-0.25, -0.2) is 0 Å². The summed E-state index contributed by atoms with van der Waals surface area (Å²) in [7, 11) is 0. The molecule has 0 bridgehead atoms. The van der Waals surface area contributed by atoms with Crippen LogP contribution in [0.5, 0.6) is 11.5 Å². The van der Waals surface area contributed by atoms with Gasteiger partial charge in [0.05, 0.1) is 6.10 Å². The molecule has 4 nitrogen and oxygen atoms in total. The largest absolute Gasteiger partial charge is 0.492 e. The minimum atomic E-state index is -0.464. The molecule has 0 amide bonds. The quantitative estimate of drug-likeness (QED) is 0.875. The van der Waals surface area contributed by atoms with E-state index in [0.29, 0.717) is 13.0 Å². The van der Waals surface area contributed by atoms with Crippen LogP contribution in [0.3, 0.4) is 0 Å². The van der Waals surface area contributed by atoms with Crippen LogP contribution in [0.1, 0.15) is 45.8 Å². The Kier molecular flexibility index (Phi) is 5.12. The Balaban J connectivity index is 2.00. The number of likely N-dealkylation sites (N-methyl/N-ethyl adjacent to an activating group) is 1. The summed E-state index contributed by atoms with van der Waals surface area (Å²) in [4.78, 5) is 2.32. The SMILES string of the molecule is CCN(CC)CCOc1ccc2c(c1)OC(C)(C)CC2O. The predicted octanol–water partition coefficient (Wildman–Crippen LogP) is 3.00. The third-order valence-electron chi connectivity index (χ3n) is 3.99. The van der Waals surface area contributed by atoms with Gasteiger partial charge in [-0.3, -0.25) is 0 Å². The maximum absolute atomic E-state index is 10.2. The molecule has 0 aromatic heterocycles. The number of aliphatic hydroxyl groups excluding tert-OH is 1. The van der Waals surface area contributed by atoms with Crippen molar-refractivity contribution in [2.75, 3.05) is 26.2 Å². The molecule has 0 fully saturated rings. The van der Waals surface area contributed by atoms with Gasteiger partial charge >= 0.3 is 0 Å². The first-order chi connectivity index (χ1) is 9.95. The van der Waals surface area contributed by atoms with Crippen LogP contribution in [0.4, 0.5) is 0 Å². The van der Waals surface area contributed by atoms with Crippen LogP contribution in [0, 0.1) is 0 Å². The number of hydrogen-bond acceptors (Lipinski definition) is 4. The highest BCUT2D eigenvalue weighted by atomic mass is 16.5. The smallest absolute Gasteiger partial charge is 0.129 e. The molecule has 0 spiro atoms. The van der Waals surface area contributed by atoms with Gasteiger partial charge in [-0.05, 0) is 39.1 Å². The van der Waals surface area contributed by atoms with Crippen LogP contribution in [0.15, 0.2) is 18.2 Å². The van der Waals surface area contributed by atoms with E-state index >= 15 is 0 Å². The third-order valence-corrected chi connectivity index (χ3v) is 3.99. The van der Waals surface area contributed by atoms with Gasteiger partial charge in [0.15, 0.2) is 0 Å².